The van der Waals surface area contributed by atoms with Crippen LogP contribution in [0.15, 0.2) is 48.1 Å². The molecule has 1 heterocycles. The Bertz CT molecular complexity index is 677. The zero-order valence-corrected chi connectivity index (χ0v) is 12.3. The number of aromatic hydroxyl groups is 1. The van der Waals surface area contributed by atoms with Crippen LogP contribution in [0.25, 0.3) is 6.08 Å². The number of pyridine rings is 1. The molecule has 108 valence electrons. The summed E-state index contributed by atoms with van der Waals surface area (Å²) in [5.74, 6) is 1.03. The molecular formula is C17H19N3O. The second-order valence-corrected chi connectivity index (χ2v) is 4.72. The minimum atomic E-state index is 0.264. The molecule has 0 atom stereocenters. The Hall–Kier alpha value is -2.62. The fourth-order valence-electron chi connectivity index (χ4n) is 2.03. The van der Waals surface area contributed by atoms with E-state index in [2.05, 4.69) is 21.9 Å². The average molecular weight is 281 g/mol. The first-order valence-electron chi connectivity index (χ1n) is 6.75. The molecule has 0 aliphatic carbocycles. The van der Waals surface area contributed by atoms with Crippen molar-refractivity contribution in [1.29, 1.82) is 0 Å². The maximum atomic E-state index is 9.72. The number of nitrogens with zero attached hydrogens (tertiary/aromatic N) is 2. The van der Waals surface area contributed by atoms with E-state index < -0.39 is 0 Å². The number of phenolic OH excluding ortho intramolecular Hbond substituents is 1. The maximum absolute atomic E-state index is 9.72. The van der Waals surface area contributed by atoms with E-state index in [4.69, 9.17) is 0 Å². The summed E-state index contributed by atoms with van der Waals surface area (Å²) in [6, 6.07) is 9.09. The van der Waals surface area contributed by atoms with Crippen LogP contribution in [0.5, 0.6) is 5.75 Å². The predicted molar refractivity (Wildman–Crippen MR) is 87.6 cm³/mol. The van der Waals surface area contributed by atoms with Gasteiger partial charge in [0.25, 0.3) is 0 Å². The Balaban J connectivity index is 2.13. The normalized spacial score (nSPS) is 11.2. The van der Waals surface area contributed by atoms with Gasteiger partial charge >= 0.3 is 0 Å². The largest absolute Gasteiger partial charge is 0.508 e. The Labute approximate surface area is 124 Å². The number of rotatable bonds is 4. The number of benzene rings is 1. The highest BCUT2D eigenvalue weighted by atomic mass is 16.3. The Morgan fingerprint density at radius 2 is 2.14 bits per heavy atom. The number of hydrogen-bond acceptors (Lipinski definition) is 3. The van der Waals surface area contributed by atoms with Crippen molar-refractivity contribution in [3.05, 3.63) is 59.9 Å². The molecule has 0 radical (unpaired) electrons. The minimum Gasteiger partial charge on any atom is -0.508 e. The number of anilines is 1. The van der Waals surface area contributed by atoms with Gasteiger partial charge in [0.15, 0.2) is 0 Å². The fraction of sp³-hybridized carbons (Fsp3) is 0.176. The van der Waals surface area contributed by atoms with E-state index in [-0.39, 0.29) is 5.75 Å². The maximum Gasteiger partial charge on any atom is 0.120 e. The Morgan fingerprint density at radius 3 is 2.86 bits per heavy atom. The molecule has 0 unspecified atom stereocenters. The number of aromatic nitrogens is 1. The number of para-hydroxylation sites is 1. The van der Waals surface area contributed by atoms with Crippen molar-refractivity contribution in [2.24, 2.45) is 4.99 Å². The summed E-state index contributed by atoms with van der Waals surface area (Å²) in [7, 11) is 0. The number of hydrogen-bond donors (Lipinski definition) is 2. The van der Waals surface area contributed by atoms with Gasteiger partial charge < -0.3 is 10.4 Å². The Morgan fingerprint density at radius 1 is 1.38 bits per heavy atom. The first-order chi connectivity index (χ1) is 10.1. The first-order valence-corrected chi connectivity index (χ1v) is 6.75. The lowest BCUT2D eigenvalue weighted by Gasteiger charge is -2.11. The highest BCUT2D eigenvalue weighted by Crippen LogP contribution is 2.19. The zero-order chi connectivity index (χ0) is 15.2. The molecule has 4 nitrogen and oxygen atoms in total. The molecule has 1 aromatic carbocycles. The SMILES string of the molecule is C=Cc1c(NC(C)=NCc2ccccc2O)ccnc1C. The molecule has 2 rings (SSSR count). The van der Waals surface area contributed by atoms with E-state index in [1.54, 1.807) is 24.4 Å². The summed E-state index contributed by atoms with van der Waals surface area (Å²) in [5.41, 5.74) is 3.61. The van der Waals surface area contributed by atoms with Crippen molar-refractivity contribution >= 4 is 17.6 Å². The molecule has 21 heavy (non-hydrogen) atoms. The number of amidine groups is 1. The van der Waals surface area contributed by atoms with Gasteiger partial charge in [0.2, 0.25) is 0 Å². The summed E-state index contributed by atoms with van der Waals surface area (Å²) >= 11 is 0. The molecule has 4 heteroatoms. The highest BCUT2D eigenvalue weighted by molar-refractivity contribution is 5.95. The van der Waals surface area contributed by atoms with Gasteiger partial charge in [-0.15, -0.1) is 0 Å². The van der Waals surface area contributed by atoms with Crippen LogP contribution in [-0.4, -0.2) is 15.9 Å². The van der Waals surface area contributed by atoms with E-state index in [9.17, 15) is 5.11 Å². The minimum absolute atomic E-state index is 0.264. The summed E-state index contributed by atoms with van der Waals surface area (Å²) < 4.78 is 0. The lowest BCUT2D eigenvalue weighted by atomic mass is 10.1. The van der Waals surface area contributed by atoms with E-state index in [1.165, 1.54) is 0 Å². The van der Waals surface area contributed by atoms with E-state index in [0.717, 1.165) is 28.3 Å². The molecule has 1 aromatic heterocycles. The summed E-state index contributed by atoms with van der Waals surface area (Å²) in [4.78, 5) is 8.69. The second-order valence-electron chi connectivity index (χ2n) is 4.72. The smallest absolute Gasteiger partial charge is 0.120 e. The van der Waals surface area contributed by atoms with Crippen molar-refractivity contribution in [3.63, 3.8) is 0 Å². The third-order valence-electron chi connectivity index (χ3n) is 3.19. The fourth-order valence-corrected chi connectivity index (χ4v) is 2.03. The van der Waals surface area contributed by atoms with Crippen molar-refractivity contribution < 1.29 is 5.11 Å². The van der Waals surface area contributed by atoms with Crippen molar-refractivity contribution in [2.45, 2.75) is 20.4 Å². The van der Waals surface area contributed by atoms with Crippen LogP contribution in [0.3, 0.4) is 0 Å². The molecule has 0 aliphatic heterocycles. The molecule has 2 N–H and O–H groups in total. The van der Waals surface area contributed by atoms with Gasteiger partial charge in [-0.1, -0.05) is 30.9 Å². The molecule has 0 saturated heterocycles. The lowest BCUT2D eigenvalue weighted by Crippen LogP contribution is -2.09. The van der Waals surface area contributed by atoms with Crippen molar-refractivity contribution in [3.8, 4) is 5.75 Å². The number of aliphatic imine (C=N–C) groups is 1. The van der Waals surface area contributed by atoms with E-state index in [1.807, 2.05) is 32.0 Å². The van der Waals surface area contributed by atoms with Crippen LogP contribution in [-0.2, 0) is 6.54 Å². The second kappa shape index (κ2) is 6.70. The molecular weight excluding hydrogens is 262 g/mol. The third kappa shape index (κ3) is 3.69. The standard InChI is InChI=1S/C17H19N3O/c1-4-15-12(2)18-10-9-16(15)20-13(3)19-11-14-7-5-6-8-17(14)21/h4-10,21H,1,11H2,2-3H3,(H,18,19,20). The molecule has 0 aliphatic rings. The highest BCUT2D eigenvalue weighted by Gasteiger charge is 2.04. The summed E-state index contributed by atoms with van der Waals surface area (Å²) in [6.45, 7) is 8.07. The van der Waals surface area contributed by atoms with Crippen LogP contribution in [0.4, 0.5) is 5.69 Å². The van der Waals surface area contributed by atoms with Crippen molar-refractivity contribution in [2.75, 3.05) is 5.32 Å². The van der Waals surface area contributed by atoms with Gasteiger partial charge in [0.1, 0.15) is 5.75 Å². The van der Waals surface area contributed by atoms with Crippen molar-refractivity contribution in [1.82, 2.24) is 4.98 Å². The summed E-state index contributed by atoms with van der Waals surface area (Å²) in [6.07, 6.45) is 3.53. The predicted octanol–water partition coefficient (Wildman–Crippen LogP) is 3.77. The van der Waals surface area contributed by atoms with Crippen LogP contribution in [0.2, 0.25) is 0 Å². The Kier molecular flexibility index (Phi) is 4.72. The molecule has 2 aromatic rings. The topological polar surface area (TPSA) is 57.5 Å². The van der Waals surface area contributed by atoms with Crippen LogP contribution in [0.1, 0.15) is 23.7 Å². The lowest BCUT2D eigenvalue weighted by molar-refractivity contribution is 0.468. The number of nitrogens with one attached hydrogen (secondary N) is 1. The van der Waals surface area contributed by atoms with Gasteiger partial charge in [-0.3, -0.25) is 9.98 Å². The molecule has 0 bridgehead atoms. The van der Waals surface area contributed by atoms with Crippen LogP contribution >= 0.6 is 0 Å². The number of phenols is 1. The monoisotopic (exact) mass is 281 g/mol. The van der Waals surface area contributed by atoms with Gasteiger partial charge in [-0.05, 0) is 26.0 Å². The van der Waals surface area contributed by atoms with Crippen LogP contribution < -0.4 is 5.32 Å². The molecule has 0 spiro atoms. The van der Waals surface area contributed by atoms with Gasteiger partial charge in [0.05, 0.1) is 12.4 Å². The summed E-state index contributed by atoms with van der Waals surface area (Å²) in [5, 5.41) is 13.0. The zero-order valence-electron chi connectivity index (χ0n) is 12.3. The third-order valence-corrected chi connectivity index (χ3v) is 3.19. The van der Waals surface area contributed by atoms with Gasteiger partial charge in [-0.25, -0.2) is 0 Å². The van der Waals surface area contributed by atoms with E-state index >= 15 is 0 Å². The van der Waals surface area contributed by atoms with Crippen LogP contribution in [0, 0.1) is 6.92 Å². The van der Waals surface area contributed by atoms with Gasteiger partial charge in [-0.2, -0.15) is 0 Å². The first kappa shape index (κ1) is 14.8. The molecule has 0 saturated carbocycles. The average Bonchev–Trinajstić information content (AvgIpc) is 2.47. The molecule has 0 amide bonds. The van der Waals surface area contributed by atoms with Gasteiger partial charge in [0, 0.05) is 28.7 Å². The van der Waals surface area contributed by atoms with E-state index in [0.29, 0.717) is 6.54 Å². The number of aryl methyl sites for hydroxylation is 1. The molecule has 0 fully saturated rings. The quantitative estimate of drug-likeness (QED) is 0.662.